The molecule has 0 saturated heterocycles. The van der Waals surface area contributed by atoms with E-state index in [1.54, 1.807) is 31.4 Å². The molecule has 1 aromatic heterocycles. The van der Waals surface area contributed by atoms with Gasteiger partial charge in [0.2, 0.25) is 11.8 Å². The molecule has 156 valence electrons. The van der Waals surface area contributed by atoms with E-state index in [0.29, 0.717) is 28.3 Å². The van der Waals surface area contributed by atoms with Crippen LogP contribution in [0.2, 0.25) is 0 Å². The number of aromatic nitrogens is 2. The van der Waals surface area contributed by atoms with Crippen LogP contribution in [-0.4, -0.2) is 29.3 Å². The van der Waals surface area contributed by atoms with Gasteiger partial charge in [0.25, 0.3) is 5.69 Å². The lowest BCUT2D eigenvalue weighted by molar-refractivity contribution is -0.384. The van der Waals surface area contributed by atoms with Crippen molar-refractivity contribution in [2.24, 2.45) is 5.73 Å². The lowest BCUT2D eigenvalue weighted by atomic mass is 9.83. The summed E-state index contributed by atoms with van der Waals surface area (Å²) in [7, 11) is 3.07. The molecule has 2 heterocycles. The van der Waals surface area contributed by atoms with Gasteiger partial charge < -0.3 is 19.9 Å². The summed E-state index contributed by atoms with van der Waals surface area (Å²) in [6, 6.07) is 13.4. The van der Waals surface area contributed by atoms with E-state index in [2.05, 4.69) is 16.3 Å². The zero-order valence-corrected chi connectivity index (χ0v) is 16.6. The topological polar surface area (TPSA) is 149 Å². The number of aromatic amines is 1. The van der Waals surface area contributed by atoms with Gasteiger partial charge in [0.1, 0.15) is 11.6 Å². The van der Waals surface area contributed by atoms with Crippen molar-refractivity contribution >= 4 is 5.69 Å². The summed E-state index contributed by atoms with van der Waals surface area (Å²) in [5.74, 6) is 0.608. The number of benzene rings is 2. The van der Waals surface area contributed by atoms with Gasteiger partial charge in [-0.3, -0.25) is 15.2 Å². The molecule has 10 nitrogen and oxygen atoms in total. The first-order chi connectivity index (χ1) is 15.0. The molecule has 0 fully saturated rings. The van der Waals surface area contributed by atoms with Gasteiger partial charge >= 0.3 is 0 Å². The van der Waals surface area contributed by atoms with Crippen LogP contribution in [0.15, 0.2) is 53.9 Å². The number of nitro benzene ring substituents is 1. The number of hydrogen-bond donors (Lipinski definition) is 2. The Labute approximate surface area is 176 Å². The van der Waals surface area contributed by atoms with Crippen LogP contribution in [0.5, 0.6) is 17.4 Å². The Bertz CT molecular complexity index is 1240. The van der Waals surface area contributed by atoms with E-state index < -0.39 is 10.8 Å². The average Bonchev–Trinajstić information content (AvgIpc) is 3.20. The third kappa shape index (κ3) is 3.28. The Kier molecular flexibility index (Phi) is 4.92. The third-order valence-corrected chi connectivity index (χ3v) is 5.05. The molecular formula is C21H17N5O5. The molecule has 1 aliphatic rings. The molecule has 0 bridgehead atoms. The number of rotatable bonds is 5. The van der Waals surface area contributed by atoms with Crippen molar-refractivity contribution in [2.75, 3.05) is 14.2 Å². The minimum atomic E-state index is -0.628. The number of H-pyrrole nitrogens is 1. The maximum Gasteiger partial charge on any atom is 0.269 e. The number of ether oxygens (including phenoxy) is 3. The highest BCUT2D eigenvalue weighted by molar-refractivity contribution is 5.73. The highest BCUT2D eigenvalue weighted by Crippen LogP contribution is 2.46. The van der Waals surface area contributed by atoms with Crippen molar-refractivity contribution in [3.63, 3.8) is 0 Å². The second-order valence-electron chi connectivity index (χ2n) is 6.66. The van der Waals surface area contributed by atoms with Crippen LogP contribution < -0.4 is 19.9 Å². The average molecular weight is 419 g/mol. The summed E-state index contributed by atoms with van der Waals surface area (Å²) in [6.07, 6.45) is 0. The number of nitrogens with one attached hydrogen (secondary N) is 1. The molecule has 4 rings (SSSR count). The van der Waals surface area contributed by atoms with Gasteiger partial charge in [-0.25, -0.2) is 0 Å². The first kappa shape index (κ1) is 19.8. The first-order valence-corrected chi connectivity index (χ1v) is 9.11. The van der Waals surface area contributed by atoms with Crippen molar-refractivity contribution < 1.29 is 19.1 Å². The zero-order valence-electron chi connectivity index (χ0n) is 16.6. The second kappa shape index (κ2) is 7.72. The molecule has 0 saturated carbocycles. The number of allylic oxidation sites excluding steroid dienone is 1. The summed E-state index contributed by atoms with van der Waals surface area (Å²) < 4.78 is 16.3. The number of fused-ring (bicyclic) bond motifs is 1. The number of methoxy groups -OCH3 is 2. The number of nitrogens with two attached hydrogens (primary N) is 1. The predicted molar refractivity (Wildman–Crippen MR) is 110 cm³/mol. The molecular weight excluding hydrogens is 402 g/mol. The summed E-state index contributed by atoms with van der Waals surface area (Å²) in [6.45, 7) is 0. The fraction of sp³-hybridized carbons (Fsp3) is 0.143. The number of nitrogens with zero attached hydrogens (tertiary/aromatic N) is 3. The highest BCUT2D eigenvalue weighted by Gasteiger charge is 2.36. The van der Waals surface area contributed by atoms with Gasteiger partial charge in [-0.1, -0.05) is 12.1 Å². The highest BCUT2D eigenvalue weighted by atomic mass is 16.6. The van der Waals surface area contributed by atoms with Gasteiger partial charge in [0.05, 0.1) is 36.3 Å². The molecule has 0 radical (unpaired) electrons. The molecule has 1 aliphatic heterocycles. The largest absolute Gasteiger partial charge is 0.493 e. The summed E-state index contributed by atoms with van der Waals surface area (Å²) >= 11 is 0. The summed E-state index contributed by atoms with van der Waals surface area (Å²) in [4.78, 5) is 10.6. The molecule has 31 heavy (non-hydrogen) atoms. The van der Waals surface area contributed by atoms with E-state index in [0.717, 1.165) is 5.56 Å². The number of non-ortho nitro benzene ring substituents is 1. The molecule has 3 aromatic rings. The Hall–Kier alpha value is -4.52. The molecule has 1 atom stereocenters. The van der Waals surface area contributed by atoms with E-state index >= 15 is 0 Å². The Morgan fingerprint density at radius 1 is 1.19 bits per heavy atom. The van der Waals surface area contributed by atoms with Crippen LogP contribution in [0.25, 0.3) is 11.3 Å². The van der Waals surface area contributed by atoms with Gasteiger partial charge in [-0.2, -0.15) is 5.26 Å². The van der Waals surface area contributed by atoms with E-state index in [4.69, 9.17) is 19.9 Å². The standard InChI is InChI=1S/C21H17N5O5/c1-29-15-8-5-12(9-16(15)30-2)19-18-17(11-3-6-13(7-4-11)26(27)28)14(10-22)20(23)31-21(18)25-24-19/h3-9,17H,23H2,1-2H3,(H,24,25). The normalized spacial score (nSPS) is 14.9. The van der Waals surface area contributed by atoms with Crippen molar-refractivity contribution in [3.05, 3.63) is 75.2 Å². The first-order valence-electron chi connectivity index (χ1n) is 9.11. The molecule has 0 amide bonds. The number of nitriles is 1. The second-order valence-corrected chi connectivity index (χ2v) is 6.66. The molecule has 0 spiro atoms. The number of hydrogen-bond acceptors (Lipinski definition) is 8. The maximum absolute atomic E-state index is 11.0. The van der Waals surface area contributed by atoms with E-state index in [1.807, 2.05) is 6.07 Å². The Balaban J connectivity index is 1.89. The van der Waals surface area contributed by atoms with Crippen LogP contribution in [0.4, 0.5) is 5.69 Å². The van der Waals surface area contributed by atoms with Crippen LogP contribution >= 0.6 is 0 Å². The Morgan fingerprint density at radius 2 is 1.90 bits per heavy atom. The van der Waals surface area contributed by atoms with Crippen LogP contribution in [0.3, 0.4) is 0 Å². The van der Waals surface area contributed by atoms with Crippen LogP contribution in [0.1, 0.15) is 17.0 Å². The van der Waals surface area contributed by atoms with Crippen LogP contribution in [0, 0.1) is 21.4 Å². The fourth-order valence-electron chi connectivity index (χ4n) is 3.58. The van der Waals surface area contributed by atoms with Gasteiger partial charge in [0.15, 0.2) is 11.5 Å². The van der Waals surface area contributed by atoms with Gasteiger partial charge in [-0.15, -0.1) is 5.10 Å². The predicted octanol–water partition coefficient (Wildman–Crippen LogP) is 3.22. The molecule has 3 N–H and O–H groups in total. The van der Waals surface area contributed by atoms with Crippen LogP contribution in [-0.2, 0) is 0 Å². The minimum Gasteiger partial charge on any atom is -0.493 e. The van der Waals surface area contributed by atoms with E-state index in [-0.39, 0.29) is 23.0 Å². The zero-order chi connectivity index (χ0) is 22.1. The van der Waals surface area contributed by atoms with Gasteiger partial charge in [-0.05, 0) is 23.8 Å². The fourth-order valence-corrected chi connectivity index (χ4v) is 3.58. The lowest BCUT2D eigenvalue weighted by Crippen LogP contribution is -2.21. The third-order valence-electron chi connectivity index (χ3n) is 5.05. The lowest BCUT2D eigenvalue weighted by Gasteiger charge is -2.24. The molecule has 10 heteroatoms. The minimum absolute atomic E-state index is 0.0567. The summed E-state index contributed by atoms with van der Waals surface area (Å²) in [5, 5.41) is 28.0. The Morgan fingerprint density at radius 3 is 2.52 bits per heavy atom. The molecule has 0 aliphatic carbocycles. The smallest absolute Gasteiger partial charge is 0.269 e. The molecule has 2 aromatic carbocycles. The number of nitro groups is 1. The quantitative estimate of drug-likeness (QED) is 0.473. The van der Waals surface area contributed by atoms with Crippen molar-refractivity contribution in [3.8, 4) is 34.7 Å². The SMILES string of the molecule is COc1ccc(-c2[nH]nc3c2C(c2ccc([N+](=O)[O-])cc2)C(C#N)=C(N)O3)cc1OC. The maximum atomic E-state index is 11.0. The molecule has 1 unspecified atom stereocenters. The van der Waals surface area contributed by atoms with Gasteiger partial charge in [0, 0.05) is 17.7 Å². The summed E-state index contributed by atoms with van der Waals surface area (Å²) in [5.41, 5.74) is 8.65. The van der Waals surface area contributed by atoms with E-state index in [9.17, 15) is 15.4 Å². The van der Waals surface area contributed by atoms with Crippen molar-refractivity contribution in [1.82, 2.24) is 10.2 Å². The van der Waals surface area contributed by atoms with E-state index in [1.165, 1.54) is 19.2 Å². The van der Waals surface area contributed by atoms with Crippen molar-refractivity contribution in [1.29, 1.82) is 5.26 Å². The monoisotopic (exact) mass is 419 g/mol. The van der Waals surface area contributed by atoms with Crippen molar-refractivity contribution in [2.45, 2.75) is 5.92 Å².